The molecular formula is C11H23NO. The third-order valence-corrected chi connectivity index (χ3v) is 2.78. The van der Waals surface area contributed by atoms with Gasteiger partial charge in [0.25, 0.3) is 0 Å². The molecule has 1 saturated carbocycles. The summed E-state index contributed by atoms with van der Waals surface area (Å²) in [7, 11) is 0. The minimum Gasteiger partial charge on any atom is -0.375 e. The first-order chi connectivity index (χ1) is 6.26. The maximum absolute atomic E-state index is 5.81. The Bertz CT molecular complexity index is 132. The van der Waals surface area contributed by atoms with Gasteiger partial charge in [0.1, 0.15) is 0 Å². The van der Waals surface area contributed by atoms with Crippen LogP contribution in [0.2, 0.25) is 0 Å². The normalized spacial score (nSPS) is 29.8. The number of hydrogen-bond donors (Lipinski definition) is 1. The van der Waals surface area contributed by atoms with Crippen molar-refractivity contribution < 1.29 is 4.74 Å². The van der Waals surface area contributed by atoms with E-state index in [4.69, 9.17) is 4.74 Å². The van der Waals surface area contributed by atoms with Crippen molar-refractivity contribution in [1.82, 2.24) is 5.32 Å². The van der Waals surface area contributed by atoms with Crippen LogP contribution in [0, 0.1) is 0 Å². The molecule has 0 saturated heterocycles. The zero-order chi connectivity index (χ0) is 9.68. The Hall–Kier alpha value is -0.0800. The Balaban J connectivity index is 1.98. The molecule has 1 N–H and O–H groups in total. The lowest BCUT2D eigenvalue weighted by atomic mass is 9.89. The minimum absolute atomic E-state index is 0.442. The molecule has 0 amide bonds. The van der Waals surface area contributed by atoms with Crippen molar-refractivity contribution in [3.05, 3.63) is 0 Å². The second-order valence-electron chi connectivity index (χ2n) is 4.10. The SMILES string of the molecule is CCCNC1CC(OC(C)CC)C1. The van der Waals surface area contributed by atoms with E-state index in [1.54, 1.807) is 0 Å². The Morgan fingerprint density at radius 2 is 2.08 bits per heavy atom. The maximum atomic E-state index is 5.81. The molecule has 1 rings (SSSR count). The summed E-state index contributed by atoms with van der Waals surface area (Å²) in [5.74, 6) is 0. The number of ether oxygens (including phenoxy) is 1. The minimum atomic E-state index is 0.442. The standard InChI is InChI=1S/C11H23NO/c1-4-6-12-10-7-11(8-10)13-9(3)5-2/h9-12H,4-8H2,1-3H3. The predicted molar refractivity (Wildman–Crippen MR) is 55.9 cm³/mol. The highest BCUT2D eigenvalue weighted by atomic mass is 16.5. The van der Waals surface area contributed by atoms with Gasteiger partial charge in [-0.1, -0.05) is 13.8 Å². The first kappa shape index (κ1) is 11.0. The molecule has 0 aliphatic heterocycles. The van der Waals surface area contributed by atoms with Crippen LogP contribution in [0.5, 0.6) is 0 Å². The van der Waals surface area contributed by atoms with E-state index in [0.29, 0.717) is 12.2 Å². The van der Waals surface area contributed by atoms with E-state index in [-0.39, 0.29) is 0 Å². The fourth-order valence-corrected chi connectivity index (χ4v) is 1.62. The lowest BCUT2D eigenvalue weighted by Gasteiger charge is -2.37. The molecule has 0 radical (unpaired) electrons. The molecule has 13 heavy (non-hydrogen) atoms. The summed E-state index contributed by atoms with van der Waals surface area (Å²) in [6.45, 7) is 7.70. The molecule has 0 aromatic rings. The second kappa shape index (κ2) is 5.61. The maximum Gasteiger partial charge on any atom is 0.0608 e. The van der Waals surface area contributed by atoms with Gasteiger partial charge in [-0.15, -0.1) is 0 Å². The third-order valence-electron chi connectivity index (χ3n) is 2.78. The van der Waals surface area contributed by atoms with Crippen LogP contribution in [0.25, 0.3) is 0 Å². The molecule has 0 aromatic carbocycles. The third kappa shape index (κ3) is 3.65. The highest BCUT2D eigenvalue weighted by Crippen LogP contribution is 2.24. The van der Waals surface area contributed by atoms with Crippen molar-refractivity contribution in [3.8, 4) is 0 Å². The molecule has 1 aliphatic carbocycles. The van der Waals surface area contributed by atoms with Crippen molar-refractivity contribution in [3.63, 3.8) is 0 Å². The monoisotopic (exact) mass is 185 g/mol. The highest BCUT2D eigenvalue weighted by Gasteiger charge is 2.29. The van der Waals surface area contributed by atoms with E-state index in [2.05, 4.69) is 26.1 Å². The summed E-state index contributed by atoms with van der Waals surface area (Å²) in [5, 5.41) is 3.51. The van der Waals surface area contributed by atoms with Crippen LogP contribution in [-0.4, -0.2) is 24.8 Å². The van der Waals surface area contributed by atoms with Gasteiger partial charge in [0, 0.05) is 6.04 Å². The molecule has 0 bridgehead atoms. The largest absolute Gasteiger partial charge is 0.375 e. The highest BCUT2D eigenvalue weighted by molar-refractivity contribution is 4.86. The Morgan fingerprint density at radius 3 is 2.62 bits per heavy atom. The number of hydrogen-bond acceptors (Lipinski definition) is 2. The molecule has 1 unspecified atom stereocenters. The first-order valence-corrected chi connectivity index (χ1v) is 5.65. The lowest BCUT2D eigenvalue weighted by molar-refractivity contribution is -0.0579. The van der Waals surface area contributed by atoms with Gasteiger partial charge in [-0.2, -0.15) is 0 Å². The molecule has 1 atom stereocenters. The summed E-state index contributed by atoms with van der Waals surface area (Å²) in [4.78, 5) is 0. The van der Waals surface area contributed by atoms with Crippen LogP contribution in [0.3, 0.4) is 0 Å². The lowest BCUT2D eigenvalue weighted by Crippen LogP contribution is -2.46. The summed E-state index contributed by atoms with van der Waals surface area (Å²) in [6, 6.07) is 0.731. The molecular weight excluding hydrogens is 162 g/mol. The smallest absolute Gasteiger partial charge is 0.0608 e. The number of rotatable bonds is 6. The molecule has 2 heteroatoms. The van der Waals surface area contributed by atoms with Crippen LogP contribution in [-0.2, 0) is 4.74 Å². The molecule has 0 spiro atoms. The van der Waals surface area contributed by atoms with E-state index in [0.717, 1.165) is 19.0 Å². The van der Waals surface area contributed by atoms with Gasteiger partial charge in [0.05, 0.1) is 12.2 Å². The molecule has 2 nitrogen and oxygen atoms in total. The van der Waals surface area contributed by atoms with Gasteiger partial charge in [-0.3, -0.25) is 0 Å². The summed E-state index contributed by atoms with van der Waals surface area (Å²) >= 11 is 0. The number of nitrogens with one attached hydrogen (secondary N) is 1. The fourth-order valence-electron chi connectivity index (χ4n) is 1.62. The van der Waals surface area contributed by atoms with Gasteiger partial charge in [0.2, 0.25) is 0 Å². The van der Waals surface area contributed by atoms with Crippen molar-refractivity contribution >= 4 is 0 Å². The van der Waals surface area contributed by atoms with Crippen molar-refractivity contribution in [2.75, 3.05) is 6.54 Å². The Morgan fingerprint density at radius 1 is 1.38 bits per heavy atom. The molecule has 0 aromatic heterocycles. The average molecular weight is 185 g/mol. The summed E-state index contributed by atoms with van der Waals surface area (Å²) in [6.07, 6.45) is 5.76. The second-order valence-corrected chi connectivity index (χ2v) is 4.10. The van der Waals surface area contributed by atoms with Gasteiger partial charge < -0.3 is 10.1 Å². The summed E-state index contributed by atoms with van der Waals surface area (Å²) in [5.41, 5.74) is 0. The Labute approximate surface area is 82.0 Å². The molecule has 78 valence electrons. The average Bonchev–Trinajstić information content (AvgIpc) is 2.08. The zero-order valence-corrected chi connectivity index (χ0v) is 9.18. The van der Waals surface area contributed by atoms with Crippen LogP contribution < -0.4 is 5.32 Å². The van der Waals surface area contributed by atoms with Gasteiger partial charge in [-0.25, -0.2) is 0 Å². The van der Waals surface area contributed by atoms with Gasteiger partial charge in [0.15, 0.2) is 0 Å². The predicted octanol–water partition coefficient (Wildman–Crippen LogP) is 2.33. The van der Waals surface area contributed by atoms with Crippen LogP contribution in [0.15, 0.2) is 0 Å². The zero-order valence-electron chi connectivity index (χ0n) is 9.18. The Kier molecular flexibility index (Phi) is 4.74. The van der Waals surface area contributed by atoms with Gasteiger partial charge in [-0.05, 0) is 39.2 Å². The molecule has 0 heterocycles. The molecule has 1 aliphatic rings. The van der Waals surface area contributed by atoms with E-state index >= 15 is 0 Å². The van der Waals surface area contributed by atoms with E-state index < -0.39 is 0 Å². The van der Waals surface area contributed by atoms with Crippen molar-refractivity contribution in [1.29, 1.82) is 0 Å². The molecule has 1 fully saturated rings. The van der Waals surface area contributed by atoms with E-state index in [1.165, 1.54) is 19.3 Å². The topological polar surface area (TPSA) is 21.3 Å². The van der Waals surface area contributed by atoms with Gasteiger partial charge >= 0.3 is 0 Å². The summed E-state index contributed by atoms with van der Waals surface area (Å²) < 4.78 is 5.81. The first-order valence-electron chi connectivity index (χ1n) is 5.65. The quantitative estimate of drug-likeness (QED) is 0.685. The fraction of sp³-hybridized carbons (Fsp3) is 1.00. The van der Waals surface area contributed by atoms with E-state index in [1.807, 2.05) is 0 Å². The van der Waals surface area contributed by atoms with E-state index in [9.17, 15) is 0 Å². The van der Waals surface area contributed by atoms with Crippen LogP contribution >= 0.6 is 0 Å². The van der Waals surface area contributed by atoms with Crippen molar-refractivity contribution in [2.24, 2.45) is 0 Å². The van der Waals surface area contributed by atoms with Crippen LogP contribution in [0.1, 0.15) is 46.5 Å². The van der Waals surface area contributed by atoms with Crippen LogP contribution in [0.4, 0.5) is 0 Å². The van der Waals surface area contributed by atoms with Crippen molar-refractivity contribution in [2.45, 2.75) is 64.7 Å².